The van der Waals surface area contributed by atoms with Gasteiger partial charge in [0.25, 0.3) is 11.4 Å². The Hall–Kier alpha value is -2.55. The number of benzene rings is 1. The molecule has 2 heterocycles. The van der Waals surface area contributed by atoms with Gasteiger partial charge in [0.15, 0.2) is 5.82 Å². The first-order valence-electron chi connectivity index (χ1n) is 6.78. The average Bonchev–Trinajstić information content (AvgIpc) is 2.96. The molecule has 124 valence electrons. The number of nitrogens with zero attached hydrogens (tertiary/aromatic N) is 3. The first-order chi connectivity index (χ1) is 11.4. The van der Waals surface area contributed by atoms with E-state index < -0.39 is 17.2 Å². The standard InChI is InChI=1S/C15H11BrF2N4O2/c1-22-6-10(13-20-21-15(19)24-13)9(12(18)14(22)23)4-7-2-3-8(16)5-11(7)17/h2-3,5-6H,4H2,1H3,(H2,19,21). The number of hydrogen-bond acceptors (Lipinski definition) is 5. The fourth-order valence-corrected chi connectivity index (χ4v) is 2.62. The van der Waals surface area contributed by atoms with E-state index in [2.05, 4.69) is 26.1 Å². The largest absolute Gasteiger partial charge is 0.403 e. The van der Waals surface area contributed by atoms with Crippen molar-refractivity contribution in [1.29, 1.82) is 0 Å². The van der Waals surface area contributed by atoms with Gasteiger partial charge in [0.2, 0.25) is 0 Å². The lowest BCUT2D eigenvalue weighted by atomic mass is 10.0. The van der Waals surface area contributed by atoms with E-state index >= 15 is 0 Å². The molecule has 2 N–H and O–H groups in total. The number of hydrogen-bond donors (Lipinski definition) is 1. The summed E-state index contributed by atoms with van der Waals surface area (Å²) in [5, 5.41) is 7.23. The number of nitrogens with two attached hydrogens (primary N) is 1. The van der Waals surface area contributed by atoms with Crippen molar-refractivity contribution in [3.63, 3.8) is 0 Å². The maximum Gasteiger partial charge on any atom is 0.313 e. The molecule has 0 saturated heterocycles. The van der Waals surface area contributed by atoms with Crippen LogP contribution in [0.3, 0.4) is 0 Å². The molecule has 24 heavy (non-hydrogen) atoms. The highest BCUT2D eigenvalue weighted by Gasteiger charge is 2.21. The van der Waals surface area contributed by atoms with Crippen LogP contribution in [0.15, 0.2) is 38.1 Å². The van der Waals surface area contributed by atoms with Crippen LogP contribution in [0.4, 0.5) is 14.8 Å². The summed E-state index contributed by atoms with van der Waals surface area (Å²) >= 11 is 3.16. The summed E-state index contributed by atoms with van der Waals surface area (Å²) in [5.41, 5.74) is 4.93. The Morgan fingerprint density at radius 2 is 2.08 bits per heavy atom. The van der Waals surface area contributed by atoms with E-state index in [4.69, 9.17) is 10.2 Å². The summed E-state index contributed by atoms with van der Waals surface area (Å²) in [6.07, 6.45) is 1.20. The van der Waals surface area contributed by atoms with Crippen LogP contribution in [0.2, 0.25) is 0 Å². The minimum absolute atomic E-state index is 0.0389. The summed E-state index contributed by atoms with van der Waals surface area (Å²) in [6.45, 7) is 0. The Labute approximate surface area is 143 Å². The molecule has 1 aromatic carbocycles. The molecule has 0 unspecified atom stereocenters. The lowest BCUT2D eigenvalue weighted by Crippen LogP contribution is -2.22. The van der Waals surface area contributed by atoms with E-state index in [-0.39, 0.29) is 35.0 Å². The third-order valence-electron chi connectivity index (χ3n) is 3.47. The second kappa shape index (κ2) is 6.16. The molecule has 0 saturated carbocycles. The molecule has 0 fully saturated rings. The SMILES string of the molecule is Cn1cc(-c2nnc(N)o2)c(Cc2ccc(Br)cc2F)c(F)c1=O. The fourth-order valence-electron chi connectivity index (χ4n) is 2.29. The van der Waals surface area contributed by atoms with Crippen LogP contribution in [0.5, 0.6) is 0 Å². The zero-order chi connectivity index (χ0) is 17.4. The van der Waals surface area contributed by atoms with Crippen molar-refractivity contribution in [2.24, 2.45) is 7.05 Å². The molecule has 0 bridgehead atoms. The smallest absolute Gasteiger partial charge is 0.313 e. The minimum atomic E-state index is -1.01. The van der Waals surface area contributed by atoms with Crippen molar-refractivity contribution in [1.82, 2.24) is 14.8 Å². The average molecular weight is 397 g/mol. The zero-order valence-corrected chi connectivity index (χ0v) is 14.0. The molecule has 0 aliphatic carbocycles. The van der Waals surface area contributed by atoms with Gasteiger partial charge in [-0.25, -0.2) is 8.78 Å². The quantitative estimate of drug-likeness (QED) is 0.735. The van der Waals surface area contributed by atoms with Gasteiger partial charge in [-0.1, -0.05) is 27.1 Å². The highest BCUT2D eigenvalue weighted by Crippen LogP contribution is 2.27. The third kappa shape index (κ3) is 2.94. The Bertz CT molecular complexity index is 984. The lowest BCUT2D eigenvalue weighted by molar-refractivity contribution is 0.562. The summed E-state index contributed by atoms with van der Waals surface area (Å²) in [7, 11) is 1.39. The van der Waals surface area contributed by atoms with E-state index in [9.17, 15) is 13.6 Å². The van der Waals surface area contributed by atoms with Crippen molar-refractivity contribution in [3.05, 3.63) is 62.0 Å². The van der Waals surface area contributed by atoms with Crippen LogP contribution in [0.25, 0.3) is 11.5 Å². The second-order valence-corrected chi connectivity index (χ2v) is 6.03. The molecule has 0 atom stereocenters. The van der Waals surface area contributed by atoms with Gasteiger partial charge < -0.3 is 14.7 Å². The third-order valence-corrected chi connectivity index (χ3v) is 3.97. The van der Waals surface area contributed by atoms with Crippen molar-refractivity contribution >= 4 is 21.9 Å². The Morgan fingerprint density at radius 1 is 1.33 bits per heavy atom. The molecular weight excluding hydrogens is 386 g/mol. The first kappa shape index (κ1) is 16.3. The number of pyridine rings is 1. The second-order valence-electron chi connectivity index (χ2n) is 5.11. The van der Waals surface area contributed by atoms with E-state index in [1.807, 2.05) is 0 Å². The molecule has 0 aliphatic heterocycles. The highest BCUT2D eigenvalue weighted by atomic mass is 79.9. The molecule has 0 radical (unpaired) electrons. The van der Waals surface area contributed by atoms with Crippen LogP contribution < -0.4 is 11.3 Å². The summed E-state index contributed by atoms with van der Waals surface area (Å²) < 4.78 is 35.3. The van der Waals surface area contributed by atoms with Crippen LogP contribution in [-0.4, -0.2) is 14.8 Å². The molecule has 2 aromatic heterocycles. The van der Waals surface area contributed by atoms with Gasteiger partial charge in [0.05, 0.1) is 5.56 Å². The minimum Gasteiger partial charge on any atom is -0.403 e. The number of nitrogen functional groups attached to an aromatic ring is 1. The molecule has 0 aliphatic rings. The van der Waals surface area contributed by atoms with Crippen LogP contribution in [0.1, 0.15) is 11.1 Å². The number of halogens is 3. The molecular formula is C15H11BrF2N4O2. The van der Waals surface area contributed by atoms with Gasteiger partial charge >= 0.3 is 6.01 Å². The van der Waals surface area contributed by atoms with Gasteiger partial charge in [0.1, 0.15) is 5.82 Å². The van der Waals surface area contributed by atoms with E-state index in [0.717, 1.165) is 4.57 Å². The van der Waals surface area contributed by atoms with Crippen LogP contribution >= 0.6 is 15.9 Å². The van der Waals surface area contributed by atoms with Crippen molar-refractivity contribution < 1.29 is 13.2 Å². The maximum absolute atomic E-state index is 14.5. The summed E-state index contributed by atoms with van der Waals surface area (Å²) in [4.78, 5) is 11.9. The number of aryl methyl sites for hydroxylation is 1. The fraction of sp³-hybridized carbons (Fsp3) is 0.133. The number of anilines is 1. The van der Waals surface area contributed by atoms with E-state index in [1.54, 1.807) is 6.07 Å². The van der Waals surface area contributed by atoms with E-state index in [0.29, 0.717) is 4.47 Å². The van der Waals surface area contributed by atoms with Gasteiger partial charge in [0, 0.05) is 29.7 Å². The zero-order valence-electron chi connectivity index (χ0n) is 12.4. The summed E-state index contributed by atoms with van der Waals surface area (Å²) in [6, 6.07) is 4.20. The Kier molecular flexibility index (Phi) is 4.18. The molecule has 3 rings (SSSR count). The molecule has 9 heteroatoms. The van der Waals surface area contributed by atoms with Crippen LogP contribution in [-0.2, 0) is 13.5 Å². The predicted octanol–water partition coefficient (Wildman–Crippen LogP) is 2.65. The monoisotopic (exact) mass is 396 g/mol. The maximum atomic E-state index is 14.5. The molecule has 3 aromatic rings. The Balaban J connectivity index is 2.18. The first-order valence-corrected chi connectivity index (χ1v) is 7.57. The van der Waals surface area contributed by atoms with Crippen molar-refractivity contribution in [2.45, 2.75) is 6.42 Å². The van der Waals surface area contributed by atoms with Gasteiger partial charge in [-0.05, 0) is 17.7 Å². The highest BCUT2D eigenvalue weighted by molar-refractivity contribution is 9.10. The van der Waals surface area contributed by atoms with Gasteiger partial charge in [-0.3, -0.25) is 4.79 Å². The van der Waals surface area contributed by atoms with Gasteiger partial charge in [-0.15, -0.1) is 5.10 Å². The van der Waals surface area contributed by atoms with Crippen LogP contribution in [0, 0.1) is 11.6 Å². The van der Waals surface area contributed by atoms with Crippen molar-refractivity contribution in [2.75, 3.05) is 5.73 Å². The molecule has 0 amide bonds. The molecule has 0 spiro atoms. The lowest BCUT2D eigenvalue weighted by Gasteiger charge is -2.11. The van der Waals surface area contributed by atoms with Gasteiger partial charge in [-0.2, -0.15) is 0 Å². The normalized spacial score (nSPS) is 11.0. The topological polar surface area (TPSA) is 86.9 Å². The van der Waals surface area contributed by atoms with E-state index in [1.165, 1.54) is 25.4 Å². The predicted molar refractivity (Wildman–Crippen MR) is 86.3 cm³/mol. The number of aromatic nitrogens is 3. The number of rotatable bonds is 3. The Morgan fingerprint density at radius 3 is 2.71 bits per heavy atom. The van der Waals surface area contributed by atoms with Crippen molar-refractivity contribution in [3.8, 4) is 11.5 Å². The summed E-state index contributed by atoms with van der Waals surface area (Å²) in [5.74, 6) is -1.58. The molecule has 6 nitrogen and oxygen atoms in total.